The minimum Gasteiger partial charge on any atom is -0.351 e. The van der Waals surface area contributed by atoms with E-state index in [2.05, 4.69) is 22.1 Å². The Balaban J connectivity index is 1.91. The summed E-state index contributed by atoms with van der Waals surface area (Å²) < 4.78 is 0. The number of amides is 1. The van der Waals surface area contributed by atoms with Crippen LogP contribution in [0.4, 0.5) is 0 Å². The summed E-state index contributed by atoms with van der Waals surface area (Å²) in [5.41, 5.74) is 3.03. The zero-order valence-electron chi connectivity index (χ0n) is 10.5. The molecule has 1 aromatic carbocycles. The van der Waals surface area contributed by atoms with E-state index in [1.807, 2.05) is 31.2 Å². The molecule has 1 N–H and O–H groups in total. The second-order valence-corrected chi connectivity index (χ2v) is 5.42. The van der Waals surface area contributed by atoms with Gasteiger partial charge in [0.05, 0.1) is 5.69 Å². The summed E-state index contributed by atoms with van der Waals surface area (Å²) in [5.74, 6) is 6.11. The summed E-state index contributed by atoms with van der Waals surface area (Å²) in [6, 6.07) is 8.03. The van der Waals surface area contributed by atoms with E-state index in [1.54, 1.807) is 0 Å². The van der Waals surface area contributed by atoms with Gasteiger partial charge in [0.25, 0.3) is 5.91 Å². The van der Waals surface area contributed by atoms with Crippen LogP contribution >= 0.6 is 11.3 Å². The van der Waals surface area contributed by atoms with Crippen molar-refractivity contribution < 1.29 is 4.79 Å². The number of nitrogens with one attached hydrogen (secondary N) is 1. The van der Waals surface area contributed by atoms with E-state index in [9.17, 15) is 4.79 Å². The fourth-order valence-electron chi connectivity index (χ4n) is 1.98. The van der Waals surface area contributed by atoms with Crippen molar-refractivity contribution in [3.8, 4) is 11.8 Å². The van der Waals surface area contributed by atoms with Crippen molar-refractivity contribution in [1.82, 2.24) is 10.3 Å². The van der Waals surface area contributed by atoms with E-state index >= 15 is 0 Å². The molecule has 0 fully saturated rings. The Morgan fingerprint density at radius 2 is 2.26 bits per heavy atom. The molecule has 0 aliphatic carbocycles. The van der Waals surface area contributed by atoms with Crippen LogP contribution in [-0.2, 0) is 6.42 Å². The predicted molar refractivity (Wildman–Crippen MR) is 75.3 cm³/mol. The summed E-state index contributed by atoms with van der Waals surface area (Å²) in [6.07, 6.45) is 0.795. The third-order valence-electron chi connectivity index (χ3n) is 2.88. The smallest absolute Gasteiger partial charge is 0.263 e. The molecule has 1 aliphatic heterocycles. The molecule has 1 aromatic heterocycles. The van der Waals surface area contributed by atoms with Crippen molar-refractivity contribution in [2.24, 2.45) is 0 Å². The maximum atomic E-state index is 11.6. The van der Waals surface area contributed by atoms with E-state index in [1.165, 1.54) is 16.9 Å². The van der Waals surface area contributed by atoms with Gasteiger partial charge in [-0.3, -0.25) is 4.79 Å². The third kappa shape index (κ3) is 2.51. The van der Waals surface area contributed by atoms with Crippen LogP contribution in [0.3, 0.4) is 0 Å². The second kappa shape index (κ2) is 4.87. The molecular formula is C15H12N2OS. The molecular weight excluding hydrogens is 256 g/mol. The lowest BCUT2D eigenvalue weighted by Gasteiger charge is -2.09. The van der Waals surface area contributed by atoms with Crippen molar-refractivity contribution in [1.29, 1.82) is 0 Å². The number of carbonyl (C=O) groups excluding carboxylic acids is 1. The predicted octanol–water partition coefficient (Wildman–Crippen LogP) is 2.14. The quantitative estimate of drug-likeness (QED) is 0.744. The summed E-state index contributed by atoms with van der Waals surface area (Å²) in [5, 5.41) is 3.53. The molecule has 0 unspecified atom stereocenters. The number of fused-ring (bicyclic) bond motifs is 1. The number of carbonyl (C=O) groups is 1. The molecule has 0 saturated heterocycles. The van der Waals surface area contributed by atoms with Crippen LogP contribution in [0.15, 0.2) is 24.3 Å². The zero-order valence-corrected chi connectivity index (χ0v) is 11.3. The highest BCUT2D eigenvalue weighted by Crippen LogP contribution is 2.20. The van der Waals surface area contributed by atoms with Crippen LogP contribution in [0.25, 0.3) is 0 Å². The monoisotopic (exact) mass is 268 g/mol. The molecule has 4 heteroatoms. The number of rotatable bonds is 0. The molecule has 19 heavy (non-hydrogen) atoms. The Labute approximate surface area is 115 Å². The Morgan fingerprint density at radius 3 is 3.05 bits per heavy atom. The summed E-state index contributed by atoms with van der Waals surface area (Å²) >= 11 is 1.37. The van der Waals surface area contributed by atoms with Gasteiger partial charge in [-0.1, -0.05) is 18.1 Å². The number of hydrogen-bond acceptors (Lipinski definition) is 3. The molecule has 3 nitrogen and oxygen atoms in total. The van der Waals surface area contributed by atoms with Gasteiger partial charge >= 0.3 is 0 Å². The van der Waals surface area contributed by atoms with Gasteiger partial charge in [-0.2, -0.15) is 0 Å². The van der Waals surface area contributed by atoms with E-state index in [0.717, 1.165) is 17.7 Å². The van der Waals surface area contributed by atoms with Crippen LogP contribution in [0, 0.1) is 18.8 Å². The Kier molecular flexibility index (Phi) is 3.06. The van der Waals surface area contributed by atoms with Gasteiger partial charge in [-0.05, 0) is 30.5 Å². The summed E-state index contributed by atoms with van der Waals surface area (Å²) in [6.45, 7) is 2.71. The first kappa shape index (κ1) is 11.9. The molecule has 0 radical (unpaired) electrons. The first-order chi connectivity index (χ1) is 9.22. The maximum Gasteiger partial charge on any atom is 0.263 e. The van der Waals surface area contributed by atoms with Gasteiger partial charge in [-0.15, -0.1) is 11.3 Å². The van der Waals surface area contributed by atoms with E-state index in [4.69, 9.17) is 0 Å². The van der Waals surface area contributed by atoms with E-state index in [0.29, 0.717) is 16.4 Å². The fraction of sp³-hybridized carbons (Fsp3) is 0.200. The lowest BCUT2D eigenvalue weighted by molar-refractivity contribution is 0.0950. The van der Waals surface area contributed by atoms with Crippen molar-refractivity contribution in [3.63, 3.8) is 0 Å². The Bertz CT molecular complexity index is 706. The number of aryl methyl sites for hydroxylation is 1. The summed E-state index contributed by atoms with van der Waals surface area (Å²) in [4.78, 5) is 16.8. The van der Waals surface area contributed by atoms with Crippen LogP contribution in [0.1, 0.15) is 31.5 Å². The molecule has 1 aliphatic rings. The molecule has 0 spiro atoms. The molecule has 0 saturated carbocycles. The zero-order chi connectivity index (χ0) is 13.2. The Hall–Kier alpha value is -2.12. The second-order valence-electron chi connectivity index (χ2n) is 4.42. The highest BCUT2D eigenvalue weighted by atomic mass is 32.1. The van der Waals surface area contributed by atoms with Crippen LogP contribution in [0.2, 0.25) is 0 Å². The van der Waals surface area contributed by atoms with Crippen molar-refractivity contribution in [2.75, 3.05) is 6.54 Å². The lowest BCUT2D eigenvalue weighted by atomic mass is 10.1. The topological polar surface area (TPSA) is 42.0 Å². The molecule has 2 aromatic rings. The van der Waals surface area contributed by atoms with Crippen molar-refractivity contribution in [3.05, 3.63) is 51.0 Å². The largest absolute Gasteiger partial charge is 0.351 e. The number of aromatic nitrogens is 1. The van der Waals surface area contributed by atoms with Crippen LogP contribution < -0.4 is 5.32 Å². The fourth-order valence-corrected chi connectivity index (χ4v) is 2.86. The minimum atomic E-state index is -0.0256. The van der Waals surface area contributed by atoms with Gasteiger partial charge in [0.2, 0.25) is 0 Å². The summed E-state index contributed by atoms with van der Waals surface area (Å²) in [7, 11) is 0. The lowest BCUT2D eigenvalue weighted by Crippen LogP contribution is -2.30. The molecule has 0 atom stereocenters. The first-order valence-electron chi connectivity index (χ1n) is 6.09. The molecule has 3 rings (SSSR count). The van der Waals surface area contributed by atoms with Crippen molar-refractivity contribution >= 4 is 17.2 Å². The SMILES string of the molecule is Cc1cccc(C#Cc2nc3c(s2)C(=O)NCC3)c1. The van der Waals surface area contributed by atoms with Gasteiger partial charge in [-0.25, -0.2) is 4.98 Å². The normalized spacial score (nSPS) is 13.2. The average Bonchev–Trinajstić information content (AvgIpc) is 2.81. The van der Waals surface area contributed by atoms with Gasteiger partial charge in [0.1, 0.15) is 4.88 Å². The number of thiazole rings is 1. The average molecular weight is 268 g/mol. The number of hydrogen-bond donors (Lipinski definition) is 1. The third-order valence-corrected chi connectivity index (χ3v) is 3.89. The van der Waals surface area contributed by atoms with E-state index < -0.39 is 0 Å². The maximum absolute atomic E-state index is 11.6. The highest BCUT2D eigenvalue weighted by molar-refractivity contribution is 7.14. The molecule has 2 heterocycles. The van der Waals surface area contributed by atoms with Crippen LogP contribution in [-0.4, -0.2) is 17.4 Å². The minimum absolute atomic E-state index is 0.0256. The number of nitrogens with zero attached hydrogens (tertiary/aromatic N) is 1. The van der Waals surface area contributed by atoms with Crippen molar-refractivity contribution in [2.45, 2.75) is 13.3 Å². The Morgan fingerprint density at radius 1 is 1.37 bits per heavy atom. The molecule has 0 bridgehead atoms. The highest BCUT2D eigenvalue weighted by Gasteiger charge is 2.20. The van der Waals surface area contributed by atoms with Gasteiger partial charge < -0.3 is 5.32 Å². The standard InChI is InChI=1S/C15H12N2OS/c1-10-3-2-4-11(9-10)5-6-13-17-12-7-8-16-15(18)14(12)19-13/h2-4,9H,7-8H2,1H3,(H,16,18). The first-order valence-corrected chi connectivity index (χ1v) is 6.90. The molecule has 1 amide bonds. The van der Waals surface area contributed by atoms with Gasteiger partial charge in [0.15, 0.2) is 5.01 Å². The van der Waals surface area contributed by atoms with Gasteiger partial charge in [0, 0.05) is 18.5 Å². The number of benzene rings is 1. The molecule has 94 valence electrons. The van der Waals surface area contributed by atoms with Crippen LogP contribution in [0.5, 0.6) is 0 Å². The van der Waals surface area contributed by atoms with E-state index in [-0.39, 0.29) is 5.91 Å².